The molecule has 0 radical (unpaired) electrons. The molecule has 1 aliphatic rings. The van der Waals surface area contributed by atoms with Crippen LogP contribution in [0, 0.1) is 19.8 Å². The van der Waals surface area contributed by atoms with Crippen LogP contribution in [0.15, 0.2) is 4.99 Å². The third-order valence-electron chi connectivity index (χ3n) is 5.18. The third kappa shape index (κ3) is 7.57. The number of hydrogen-bond donors (Lipinski definition) is 2. The van der Waals surface area contributed by atoms with E-state index in [-0.39, 0.29) is 24.0 Å². The summed E-state index contributed by atoms with van der Waals surface area (Å²) in [7, 11) is 4.19. The van der Waals surface area contributed by atoms with Crippen molar-refractivity contribution in [2.45, 2.75) is 34.2 Å². The molecule has 0 aromatic carbocycles. The number of aliphatic imine (C=N–C) groups is 1. The van der Waals surface area contributed by atoms with Crippen LogP contribution in [0.5, 0.6) is 0 Å². The minimum absolute atomic E-state index is 0. The molecule has 0 aliphatic carbocycles. The Hall–Kier alpha value is -0.870. The quantitative estimate of drug-likeness (QED) is 0.345. The molecule has 0 saturated carbocycles. The summed E-state index contributed by atoms with van der Waals surface area (Å²) in [5, 5.41) is 11.3. The van der Waals surface area contributed by atoms with Crippen LogP contribution in [-0.2, 0) is 13.6 Å². The Labute approximate surface area is 182 Å². The summed E-state index contributed by atoms with van der Waals surface area (Å²) in [4.78, 5) is 9.74. The lowest BCUT2D eigenvalue weighted by Gasteiger charge is -2.34. The number of aromatic nitrogens is 2. The number of halogens is 1. The zero-order chi connectivity index (χ0) is 19.1. The Morgan fingerprint density at radius 2 is 1.81 bits per heavy atom. The number of piperazine rings is 1. The summed E-state index contributed by atoms with van der Waals surface area (Å²) in [6.45, 7) is 16.9. The van der Waals surface area contributed by atoms with Gasteiger partial charge in [-0.15, -0.1) is 24.0 Å². The Balaban J connectivity index is 0.00000364. The maximum Gasteiger partial charge on any atom is 0.191 e. The number of likely N-dealkylation sites (N-methyl/N-ethyl adjacent to an activating group) is 1. The van der Waals surface area contributed by atoms with Gasteiger partial charge in [-0.3, -0.25) is 4.68 Å². The fraction of sp³-hybridized carbons (Fsp3) is 0.789. The van der Waals surface area contributed by atoms with Crippen molar-refractivity contribution in [1.82, 2.24) is 30.2 Å². The lowest BCUT2D eigenvalue weighted by molar-refractivity contribution is 0.139. The second-order valence-corrected chi connectivity index (χ2v) is 7.56. The Morgan fingerprint density at radius 3 is 2.37 bits per heavy atom. The van der Waals surface area contributed by atoms with Gasteiger partial charge in [-0.25, -0.2) is 4.99 Å². The first-order chi connectivity index (χ1) is 12.4. The summed E-state index contributed by atoms with van der Waals surface area (Å²) in [5.74, 6) is 1.48. The maximum atomic E-state index is 4.77. The molecule has 1 aliphatic heterocycles. The van der Waals surface area contributed by atoms with Gasteiger partial charge in [0.25, 0.3) is 0 Å². The molecule has 27 heavy (non-hydrogen) atoms. The van der Waals surface area contributed by atoms with E-state index in [4.69, 9.17) is 4.99 Å². The number of rotatable bonds is 7. The zero-order valence-corrected chi connectivity index (χ0v) is 20.2. The molecular formula is C19H38IN7. The minimum Gasteiger partial charge on any atom is -0.357 e. The molecule has 1 saturated heterocycles. The number of nitrogens with one attached hydrogen (secondary N) is 2. The molecule has 1 atom stereocenters. The molecule has 1 unspecified atom stereocenters. The van der Waals surface area contributed by atoms with Crippen LogP contribution >= 0.6 is 24.0 Å². The van der Waals surface area contributed by atoms with Gasteiger partial charge < -0.3 is 20.4 Å². The minimum atomic E-state index is 0. The van der Waals surface area contributed by atoms with Crippen molar-refractivity contribution >= 4 is 29.9 Å². The molecule has 2 heterocycles. The molecule has 156 valence electrons. The predicted octanol–water partition coefficient (Wildman–Crippen LogP) is 1.59. The van der Waals surface area contributed by atoms with Crippen molar-refractivity contribution in [2.75, 3.05) is 52.9 Å². The molecule has 2 N–H and O–H groups in total. The van der Waals surface area contributed by atoms with Crippen LogP contribution in [-0.4, -0.2) is 78.4 Å². The number of nitrogens with zero attached hydrogens (tertiary/aromatic N) is 5. The maximum absolute atomic E-state index is 4.77. The highest BCUT2D eigenvalue weighted by Gasteiger charge is 2.16. The van der Waals surface area contributed by atoms with Crippen molar-refractivity contribution in [3.8, 4) is 0 Å². The summed E-state index contributed by atoms with van der Waals surface area (Å²) in [6.07, 6.45) is 0. The second-order valence-electron chi connectivity index (χ2n) is 7.56. The zero-order valence-electron chi connectivity index (χ0n) is 17.9. The summed E-state index contributed by atoms with van der Waals surface area (Å²) < 4.78 is 1.93. The molecule has 1 aromatic rings. The summed E-state index contributed by atoms with van der Waals surface area (Å²) in [5.41, 5.74) is 3.47. The number of hydrogen-bond acceptors (Lipinski definition) is 4. The van der Waals surface area contributed by atoms with Gasteiger partial charge in [0, 0.05) is 64.1 Å². The van der Waals surface area contributed by atoms with Gasteiger partial charge in [0.2, 0.25) is 0 Å². The first kappa shape index (κ1) is 24.2. The smallest absolute Gasteiger partial charge is 0.191 e. The monoisotopic (exact) mass is 491 g/mol. The summed E-state index contributed by atoms with van der Waals surface area (Å²) in [6, 6.07) is 0. The van der Waals surface area contributed by atoms with Crippen LogP contribution in [0.1, 0.15) is 30.8 Å². The van der Waals surface area contributed by atoms with Gasteiger partial charge in [-0.1, -0.05) is 6.92 Å². The number of guanidine groups is 1. The van der Waals surface area contributed by atoms with E-state index in [1.54, 1.807) is 0 Å². The first-order valence-electron chi connectivity index (χ1n) is 9.82. The van der Waals surface area contributed by atoms with Gasteiger partial charge in [0.15, 0.2) is 5.96 Å². The van der Waals surface area contributed by atoms with Crippen molar-refractivity contribution in [1.29, 1.82) is 0 Å². The van der Waals surface area contributed by atoms with Crippen LogP contribution < -0.4 is 10.6 Å². The van der Waals surface area contributed by atoms with E-state index >= 15 is 0 Å². The normalized spacial score (nSPS) is 17.5. The molecule has 0 bridgehead atoms. The largest absolute Gasteiger partial charge is 0.357 e. The summed E-state index contributed by atoms with van der Waals surface area (Å²) >= 11 is 0. The lowest BCUT2D eigenvalue weighted by Crippen LogP contribution is -2.47. The highest BCUT2D eigenvalue weighted by atomic mass is 127. The topological polar surface area (TPSA) is 60.7 Å². The Kier molecular flexibility index (Phi) is 10.6. The third-order valence-corrected chi connectivity index (χ3v) is 5.18. The van der Waals surface area contributed by atoms with E-state index in [9.17, 15) is 0 Å². The van der Waals surface area contributed by atoms with E-state index in [1.165, 1.54) is 37.4 Å². The van der Waals surface area contributed by atoms with Crippen molar-refractivity contribution in [3.05, 3.63) is 17.0 Å². The van der Waals surface area contributed by atoms with Gasteiger partial charge in [0.05, 0.1) is 12.2 Å². The standard InChI is InChI=1S/C19H37N7.HI/c1-7-20-19(22-13-18-16(3)23-25(6)17(18)4)21-12-15(2)14-26-10-8-24(5)9-11-26;/h15H,7-14H2,1-6H3,(H2,20,21,22);1H. The average molecular weight is 491 g/mol. The molecule has 0 amide bonds. The van der Waals surface area contributed by atoms with Crippen molar-refractivity contribution < 1.29 is 0 Å². The second kappa shape index (κ2) is 11.9. The Bertz CT molecular complexity index is 591. The molecule has 1 aromatic heterocycles. The first-order valence-corrected chi connectivity index (χ1v) is 9.82. The van der Waals surface area contributed by atoms with Crippen LogP contribution in [0.2, 0.25) is 0 Å². The van der Waals surface area contributed by atoms with Gasteiger partial charge in [-0.2, -0.15) is 5.10 Å². The molecule has 1 fully saturated rings. The fourth-order valence-corrected chi connectivity index (χ4v) is 3.35. The van der Waals surface area contributed by atoms with Crippen molar-refractivity contribution in [3.63, 3.8) is 0 Å². The Morgan fingerprint density at radius 1 is 1.15 bits per heavy atom. The fourth-order valence-electron chi connectivity index (χ4n) is 3.35. The number of aryl methyl sites for hydroxylation is 2. The highest BCUT2D eigenvalue weighted by molar-refractivity contribution is 14.0. The molecule has 2 rings (SSSR count). The lowest BCUT2D eigenvalue weighted by atomic mass is 10.1. The van der Waals surface area contributed by atoms with E-state index < -0.39 is 0 Å². The van der Waals surface area contributed by atoms with Gasteiger partial charge in [0.1, 0.15) is 0 Å². The van der Waals surface area contributed by atoms with E-state index in [2.05, 4.69) is 60.3 Å². The van der Waals surface area contributed by atoms with E-state index in [0.717, 1.165) is 31.3 Å². The van der Waals surface area contributed by atoms with E-state index in [1.807, 2.05) is 11.7 Å². The van der Waals surface area contributed by atoms with Crippen molar-refractivity contribution in [2.24, 2.45) is 18.0 Å². The molecule has 8 heteroatoms. The molecular weight excluding hydrogens is 453 g/mol. The average Bonchev–Trinajstić information content (AvgIpc) is 2.85. The van der Waals surface area contributed by atoms with Crippen LogP contribution in [0.25, 0.3) is 0 Å². The van der Waals surface area contributed by atoms with Crippen LogP contribution in [0.4, 0.5) is 0 Å². The highest BCUT2D eigenvalue weighted by Crippen LogP contribution is 2.12. The molecule has 0 spiro atoms. The predicted molar refractivity (Wildman–Crippen MR) is 124 cm³/mol. The van der Waals surface area contributed by atoms with Gasteiger partial charge >= 0.3 is 0 Å². The van der Waals surface area contributed by atoms with Gasteiger partial charge in [-0.05, 0) is 33.7 Å². The molecule has 7 nitrogen and oxygen atoms in total. The SMILES string of the molecule is CCNC(=NCc1c(C)nn(C)c1C)NCC(C)CN1CCN(C)CC1.I. The van der Waals surface area contributed by atoms with Crippen LogP contribution in [0.3, 0.4) is 0 Å². The van der Waals surface area contributed by atoms with E-state index in [0.29, 0.717) is 12.5 Å².